The number of hydrogen-bond acceptors (Lipinski definition) is 4. The van der Waals surface area contributed by atoms with Crippen molar-refractivity contribution in [3.63, 3.8) is 0 Å². The first-order chi connectivity index (χ1) is 6.70. The maximum absolute atomic E-state index is 10.5. The van der Waals surface area contributed by atoms with Crippen LogP contribution in [0.25, 0.3) is 0 Å². The molecule has 0 aromatic rings. The van der Waals surface area contributed by atoms with Gasteiger partial charge in [0, 0.05) is 20.0 Å². The Kier molecular flexibility index (Phi) is 4.00. The average molecular weight is 197 g/mol. The van der Waals surface area contributed by atoms with Crippen LogP contribution in [0.2, 0.25) is 0 Å². The lowest BCUT2D eigenvalue weighted by atomic mass is 10.3. The Labute approximate surface area is 83.0 Å². The molecule has 0 radical (unpaired) electrons. The van der Waals surface area contributed by atoms with E-state index in [2.05, 4.69) is 10.6 Å². The molecule has 5 heteroatoms. The molecule has 1 heterocycles. The highest BCUT2D eigenvalue weighted by Crippen LogP contribution is 2.02. The van der Waals surface area contributed by atoms with Crippen molar-refractivity contribution in [2.75, 3.05) is 19.6 Å². The third kappa shape index (κ3) is 3.49. The van der Waals surface area contributed by atoms with Crippen molar-refractivity contribution in [2.24, 2.45) is 0 Å². The molecule has 0 spiro atoms. The van der Waals surface area contributed by atoms with Crippen molar-refractivity contribution in [2.45, 2.75) is 6.92 Å². The molecule has 0 saturated carbocycles. The van der Waals surface area contributed by atoms with Crippen LogP contribution in [0.5, 0.6) is 0 Å². The molecular weight excluding hydrogens is 182 g/mol. The zero-order chi connectivity index (χ0) is 10.4. The number of rotatable bonds is 4. The van der Waals surface area contributed by atoms with Gasteiger partial charge in [-0.25, -0.2) is 5.06 Å². The summed E-state index contributed by atoms with van der Waals surface area (Å²) in [6.45, 7) is 3.10. The lowest BCUT2D eigenvalue weighted by Gasteiger charge is -2.22. The zero-order valence-corrected chi connectivity index (χ0v) is 8.16. The molecule has 1 amide bonds. The third-order valence-corrected chi connectivity index (χ3v) is 1.75. The summed E-state index contributed by atoms with van der Waals surface area (Å²) < 4.78 is 0. The van der Waals surface area contributed by atoms with Crippen LogP contribution in [0.3, 0.4) is 0 Å². The van der Waals surface area contributed by atoms with Gasteiger partial charge in [0.2, 0.25) is 5.91 Å². The maximum atomic E-state index is 10.5. The molecule has 0 aliphatic carbocycles. The quantitative estimate of drug-likeness (QED) is 0.547. The summed E-state index contributed by atoms with van der Waals surface area (Å²) >= 11 is 0. The zero-order valence-electron chi connectivity index (χ0n) is 8.16. The second kappa shape index (κ2) is 5.29. The van der Waals surface area contributed by atoms with Gasteiger partial charge in [-0.2, -0.15) is 0 Å². The van der Waals surface area contributed by atoms with Crippen LogP contribution < -0.4 is 10.6 Å². The minimum Gasteiger partial charge on any atom is -0.368 e. The Morgan fingerprint density at radius 1 is 1.64 bits per heavy atom. The van der Waals surface area contributed by atoms with Crippen LogP contribution in [-0.2, 0) is 4.79 Å². The number of allylic oxidation sites excluding steroid dienone is 2. The van der Waals surface area contributed by atoms with E-state index in [0.717, 1.165) is 5.06 Å². The van der Waals surface area contributed by atoms with Crippen molar-refractivity contribution in [3.8, 4) is 0 Å². The van der Waals surface area contributed by atoms with Crippen molar-refractivity contribution >= 4 is 5.91 Å². The SMILES string of the molecule is CC(=O)NCCNC1=CC=CCN1O. The minimum atomic E-state index is -0.0508. The molecular formula is C9H15N3O2. The molecule has 0 atom stereocenters. The smallest absolute Gasteiger partial charge is 0.216 e. The summed E-state index contributed by atoms with van der Waals surface area (Å²) in [6, 6.07) is 0. The lowest BCUT2D eigenvalue weighted by molar-refractivity contribution is -0.118. The van der Waals surface area contributed by atoms with E-state index in [-0.39, 0.29) is 5.91 Å². The largest absolute Gasteiger partial charge is 0.368 e. The molecule has 0 fully saturated rings. The standard InChI is InChI=1S/C9H15N3O2/c1-8(13)10-5-6-11-9-4-2-3-7-12(9)14/h2-4,11,14H,5-7H2,1H3,(H,10,13). The van der Waals surface area contributed by atoms with Gasteiger partial charge >= 0.3 is 0 Å². The van der Waals surface area contributed by atoms with Crippen LogP contribution in [0.4, 0.5) is 0 Å². The highest BCUT2D eigenvalue weighted by atomic mass is 16.5. The predicted octanol–water partition coefficient (Wildman–Crippen LogP) is -0.185. The van der Waals surface area contributed by atoms with Crippen LogP contribution in [0.1, 0.15) is 6.92 Å². The minimum absolute atomic E-state index is 0.0508. The molecule has 3 N–H and O–H groups in total. The molecule has 1 aliphatic rings. The first kappa shape index (κ1) is 10.6. The summed E-state index contributed by atoms with van der Waals surface area (Å²) in [5.74, 6) is 0.600. The van der Waals surface area contributed by atoms with Gasteiger partial charge in [0.05, 0.1) is 6.54 Å². The van der Waals surface area contributed by atoms with E-state index in [1.165, 1.54) is 6.92 Å². The third-order valence-electron chi connectivity index (χ3n) is 1.75. The lowest BCUT2D eigenvalue weighted by Crippen LogP contribution is -2.35. The molecule has 0 aromatic heterocycles. The number of amides is 1. The number of nitrogens with one attached hydrogen (secondary N) is 2. The van der Waals surface area contributed by atoms with Crippen molar-refractivity contribution in [1.82, 2.24) is 15.7 Å². The Morgan fingerprint density at radius 2 is 2.43 bits per heavy atom. The molecule has 14 heavy (non-hydrogen) atoms. The van der Waals surface area contributed by atoms with E-state index < -0.39 is 0 Å². The van der Waals surface area contributed by atoms with E-state index in [0.29, 0.717) is 25.5 Å². The molecule has 0 aromatic carbocycles. The number of hydroxylamine groups is 2. The fourth-order valence-corrected chi connectivity index (χ4v) is 1.08. The summed E-state index contributed by atoms with van der Waals surface area (Å²) in [5.41, 5.74) is 0. The second-order valence-corrected chi connectivity index (χ2v) is 2.97. The Bertz CT molecular complexity index is 261. The topological polar surface area (TPSA) is 64.6 Å². The van der Waals surface area contributed by atoms with Gasteiger partial charge in [-0.05, 0) is 6.08 Å². The van der Waals surface area contributed by atoms with E-state index in [1.807, 2.05) is 12.2 Å². The van der Waals surface area contributed by atoms with Gasteiger partial charge in [-0.3, -0.25) is 10.0 Å². The van der Waals surface area contributed by atoms with Gasteiger partial charge < -0.3 is 10.6 Å². The molecule has 5 nitrogen and oxygen atoms in total. The van der Waals surface area contributed by atoms with E-state index in [9.17, 15) is 10.0 Å². The van der Waals surface area contributed by atoms with E-state index in [1.54, 1.807) is 6.08 Å². The maximum Gasteiger partial charge on any atom is 0.216 e. The van der Waals surface area contributed by atoms with Crippen LogP contribution in [0.15, 0.2) is 24.0 Å². The Hall–Kier alpha value is -1.49. The Balaban J connectivity index is 2.20. The molecule has 0 saturated heterocycles. The summed E-state index contributed by atoms with van der Waals surface area (Å²) in [6.07, 6.45) is 5.49. The van der Waals surface area contributed by atoms with Crippen LogP contribution >= 0.6 is 0 Å². The fraction of sp³-hybridized carbons (Fsp3) is 0.444. The Morgan fingerprint density at radius 3 is 3.07 bits per heavy atom. The number of carbonyl (C=O) groups is 1. The van der Waals surface area contributed by atoms with E-state index >= 15 is 0 Å². The molecule has 78 valence electrons. The summed E-state index contributed by atoms with van der Waals surface area (Å²) in [4.78, 5) is 10.5. The highest BCUT2D eigenvalue weighted by molar-refractivity contribution is 5.72. The van der Waals surface area contributed by atoms with Crippen LogP contribution in [-0.4, -0.2) is 35.8 Å². The fourth-order valence-electron chi connectivity index (χ4n) is 1.08. The predicted molar refractivity (Wildman–Crippen MR) is 52.4 cm³/mol. The highest BCUT2D eigenvalue weighted by Gasteiger charge is 2.05. The number of carbonyl (C=O) groups excluding carboxylic acids is 1. The van der Waals surface area contributed by atoms with Gasteiger partial charge in [0.15, 0.2) is 0 Å². The van der Waals surface area contributed by atoms with Gasteiger partial charge in [0.1, 0.15) is 5.82 Å². The molecule has 0 unspecified atom stereocenters. The first-order valence-corrected chi connectivity index (χ1v) is 4.51. The summed E-state index contributed by atoms with van der Waals surface area (Å²) in [5, 5.41) is 16.1. The van der Waals surface area contributed by atoms with Gasteiger partial charge in [0.25, 0.3) is 0 Å². The first-order valence-electron chi connectivity index (χ1n) is 4.51. The number of nitrogens with zero attached hydrogens (tertiary/aromatic N) is 1. The van der Waals surface area contributed by atoms with Crippen molar-refractivity contribution in [1.29, 1.82) is 0 Å². The summed E-state index contributed by atoms with van der Waals surface area (Å²) in [7, 11) is 0. The molecule has 1 rings (SSSR count). The second-order valence-electron chi connectivity index (χ2n) is 2.97. The number of hydrogen-bond donors (Lipinski definition) is 3. The average Bonchev–Trinajstić information content (AvgIpc) is 2.15. The van der Waals surface area contributed by atoms with Crippen LogP contribution in [0, 0.1) is 0 Å². The monoisotopic (exact) mass is 197 g/mol. The normalized spacial score (nSPS) is 15.0. The van der Waals surface area contributed by atoms with E-state index in [4.69, 9.17) is 0 Å². The van der Waals surface area contributed by atoms with Crippen molar-refractivity contribution in [3.05, 3.63) is 24.0 Å². The van der Waals surface area contributed by atoms with Crippen molar-refractivity contribution < 1.29 is 10.0 Å². The molecule has 1 aliphatic heterocycles. The van der Waals surface area contributed by atoms with Gasteiger partial charge in [-0.15, -0.1) is 0 Å². The van der Waals surface area contributed by atoms with Gasteiger partial charge in [-0.1, -0.05) is 12.2 Å². The molecule has 0 bridgehead atoms.